The standard InChI is InChI=1S/C24H22N4O3/c29-24(27-20-10-4-5-11-22(20)31-15-19-9-6-12-30-19)17-13-21-23(25-14-17)28(16-26-21)18-7-2-1-3-8-18/h1-5,7-8,10-11,13-14,16,19H,6,9,12,15H2,(H,27,29). The van der Waals surface area contributed by atoms with Gasteiger partial charge in [-0.1, -0.05) is 30.3 Å². The molecule has 7 heteroatoms. The molecular weight excluding hydrogens is 392 g/mol. The van der Waals surface area contributed by atoms with Crippen LogP contribution >= 0.6 is 0 Å². The van der Waals surface area contributed by atoms with Gasteiger partial charge in [0.05, 0.1) is 17.4 Å². The van der Waals surface area contributed by atoms with E-state index in [-0.39, 0.29) is 12.0 Å². The lowest BCUT2D eigenvalue weighted by atomic mass is 10.2. The van der Waals surface area contributed by atoms with Crippen LogP contribution in [0.3, 0.4) is 0 Å². The molecule has 1 atom stereocenters. The molecule has 3 heterocycles. The Bertz CT molecular complexity index is 1200. The van der Waals surface area contributed by atoms with E-state index >= 15 is 0 Å². The molecule has 1 aliphatic heterocycles. The predicted octanol–water partition coefficient (Wildman–Crippen LogP) is 4.23. The highest BCUT2D eigenvalue weighted by Crippen LogP contribution is 2.26. The molecular formula is C24H22N4O3. The summed E-state index contributed by atoms with van der Waals surface area (Å²) in [6.07, 6.45) is 5.44. The number of nitrogens with zero attached hydrogens (tertiary/aromatic N) is 3. The minimum Gasteiger partial charge on any atom is -0.489 e. The maximum Gasteiger partial charge on any atom is 0.257 e. The molecule has 1 saturated heterocycles. The van der Waals surface area contributed by atoms with Crippen LogP contribution in [0.5, 0.6) is 5.75 Å². The van der Waals surface area contributed by atoms with Gasteiger partial charge in [-0.05, 0) is 43.2 Å². The number of hydrogen-bond acceptors (Lipinski definition) is 5. The molecule has 7 nitrogen and oxygen atoms in total. The molecule has 4 aromatic rings. The Kier molecular flexibility index (Phi) is 5.33. The van der Waals surface area contributed by atoms with Gasteiger partial charge in [0.25, 0.3) is 5.91 Å². The summed E-state index contributed by atoms with van der Waals surface area (Å²) in [5.41, 5.74) is 3.36. The third-order valence-corrected chi connectivity index (χ3v) is 5.27. The molecule has 0 saturated carbocycles. The summed E-state index contributed by atoms with van der Waals surface area (Å²) >= 11 is 0. The van der Waals surface area contributed by atoms with Crippen LogP contribution in [-0.4, -0.2) is 39.8 Å². The molecule has 0 spiro atoms. The minimum atomic E-state index is -0.267. The summed E-state index contributed by atoms with van der Waals surface area (Å²) in [6, 6.07) is 19.0. The summed E-state index contributed by atoms with van der Waals surface area (Å²) in [6.45, 7) is 1.25. The smallest absolute Gasteiger partial charge is 0.257 e. The normalized spacial score (nSPS) is 15.8. The zero-order valence-corrected chi connectivity index (χ0v) is 16.9. The van der Waals surface area contributed by atoms with Crippen LogP contribution in [0, 0.1) is 0 Å². The number of anilines is 1. The maximum atomic E-state index is 12.9. The highest BCUT2D eigenvalue weighted by atomic mass is 16.5. The molecule has 2 aromatic heterocycles. The molecule has 156 valence electrons. The van der Waals surface area contributed by atoms with E-state index in [0.717, 1.165) is 25.1 Å². The third-order valence-electron chi connectivity index (χ3n) is 5.27. The lowest BCUT2D eigenvalue weighted by Gasteiger charge is -2.15. The van der Waals surface area contributed by atoms with Crippen molar-refractivity contribution >= 4 is 22.8 Å². The molecule has 1 fully saturated rings. The molecule has 31 heavy (non-hydrogen) atoms. The van der Waals surface area contributed by atoms with E-state index in [0.29, 0.717) is 34.8 Å². The lowest BCUT2D eigenvalue weighted by Crippen LogP contribution is -2.18. The van der Waals surface area contributed by atoms with Crippen LogP contribution < -0.4 is 10.1 Å². The number of hydrogen-bond donors (Lipinski definition) is 1. The number of carbonyl (C=O) groups is 1. The fraction of sp³-hybridized carbons (Fsp3) is 0.208. The van der Waals surface area contributed by atoms with E-state index in [1.165, 1.54) is 0 Å². The molecule has 1 N–H and O–H groups in total. The molecule has 1 amide bonds. The van der Waals surface area contributed by atoms with Crippen LogP contribution in [0.2, 0.25) is 0 Å². The Morgan fingerprint density at radius 2 is 1.97 bits per heavy atom. The first-order chi connectivity index (χ1) is 15.3. The molecule has 1 aliphatic rings. The van der Waals surface area contributed by atoms with Crippen molar-refractivity contribution in [2.75, 3.05) is 18.5 Å². The third kappa shape index (κ3) is 4.13. The van der Waals surface area contributed by atoms with Gasteiger partial charge in [0, 0.05) is 18.5 Å². The Hall–Kier alpha value is -3.71. The second-order valence-electron chi connectivity index (χ2n) is 7.41. The first-order valence-electron chi connectivity index (χ1n) is 10.3. The van der Waals surface area contributed by atoms with E-state index in [4.69, 9.17) is 9.47 Å². The fourth-order valence-corrected chi connectivity index (χ4v) is 3.65. The van der Waals surface area contributed by atoms with Gasteiger partial charge < -0.3 is 14.8 Å². The zero-order chi connectivity index (χ0) is 21.0. The molecule has 0 radical (unpaired) electrons. The number of carbonyl (C=O) groups excluding carboxylic acids is 1. The van der Waals surface area contributed by atoms with Crippen LogP contribution in [0.4, 0.5) is 5.69 Å². The van der Waals surface area contributed by atoms with Crippen molar-refractivity contribution in [1.82, 2.24) is 14.5 Å². The highest BCUT2D eigenvalue weighted by molar-refractivity contribution is 6.06. The van der Waals surface area contributed by atoms with Crippen molar-refractivity contribution in [1.29, 1.82) is 0 Å². The quantitative estimate of drug-likeness (QED) is 0.511. The number of rotatable bonds is 6. The Balaban J connectivity index is 1.34. The van der Waals surface area contributed by atoms with Gasteiger partial charge in [0.2, 0.25) is 0 Å². The average molecular weight is 414 g/mol. The van der Waals surface area contributed by atoms with E-state index in [1.807, 2.05) is 59.2 Å². The van der Waals surface area contributed by atoms with Gasteiger partial charge in [-0.25, -0.2) is 9.97 Å². The molecule has 2 aromatic carbocycles. The summed E-state index contributed by atoms with van der Waals surface area (Å²) in [5.74, 6) is 0.352. The Labute approximate surface area is 179 Å². The van der Waals surface area contributed by atoms with Crippen LogP contribution in [0.25, 0.3) is 16.9 Å². The van der Waals surface area contributed by atoms with Gasteiger partial charge in [-0.15, -0.1) is 0 Å². The second kappa shape index (κ2) is 8.57. The van der Waals surface area contributed by atoms with Crippen molar-refractivity contribution in [2.24, 2.45) is 0 Å². The number of ether oxygens (including phenoxy) is 2. The van der Waals surface area contributed by atoms with E-state index < -0.39 is 0 Å². The van der Waals surface area contributed by atoms with E-state index in [2.05, 4.69) is 15.3 Å². The first-order valence-corrected chi connectivity index (χ1v) is 10.3. The zero-order valence-electron chi connectivity index (χ0n) is 16.9. The van der Waals surface area contributed by atoms with Crippen molar-refractivity contribution in [3.63, 3.8) is 0 Å². The minimum absolute atomic E-state index is 0.107. The summed E-state index contributed by atoms with van der Waals surface area (Å²) in [7, 11) is 0. The highest BCUT2D eigenvalue weighted by Gasteiger charge is 2.18. The number of fused-ring (bicyclic) bond motifs is 1. The number of pyridine rings is 1. The largest absolute Gasteiger partial charge is 0.489 e. The number of amides is 1. The first kappa shape index (κ1) is 19.3. The Morgan fingerprint density at radius 3 is 2.81 bits per heavy atom. The summed E-state index contributed by atoms with van der Waals surface area (Å²) in [4.78, 5) is 21.8. The van der Waals surface area contributed by atoms with Crippen LogP contribution in [0.15, 0.2) is 73.2 Å². The van der Waals surface area contributed by atoms with Gasteiger partial charge in [-0.2, -0.15) is 0 Å². The number of aromatic nitrogens is 3. The number of nitrogens with one attached hydrogen (secondary N) is 1. The molecule has 0 aliphatic carbocycles. The SMILES string of the molecule is O=C(Nc1ccccc1OCC1CCCO1)c1cnc2c(c1)ncn2-c1ccccc1. The fourth-order valence-electron chi connectivity index (χ4n) is 3.65. The predicted molar refractivity (Wildman–Crippen MR) is 118 cm³/mol. The lowest BCUT2D eigenvalue weighted by molar-refractivity contribution is 0.0682. The topological polar surface area (TPSA) is 78.3 Å². The maximum absolute atomic E-state index is 12.9. The molecule has 0 bridgehead atoms. The van der Waals surface area contributed by atoms with Gasteiger partial charge in [-0.3, -0.25) is 9.36 Å². The van der Waals surface area contributed by atoms with E-state index in [9.17, 15) is 4.79 Å². The molecule has 1 unspecified atom stereocenters. The summed E-state index contributed by atoms with van der Waals surface area (Å²) < 4.78 is 13.4. The van der Waals surface area contributed by atoms with Crippen molar-refractivity contribution < 1.29 is 14.3 Å². The van der Waals surface area contributed by atoms with Crippen LogP contribution in [0.1, 0.15) is 23.2 Å². The molecule has 5 rings (SSSR count). The number of imidazole rings is 1. The van der Waals surface area contributed by atoms with Crippen LogP contribution in [-0.2, 0) is 4.74 Å². The van der Waals surface area contributed by atoms with Crippen molar-refractivity contribution in [3.05, 3.63) is 78.8 Å². The number of benzene rings is 2. The van der Waals surface area contributed by atoms with E-state index in [1.54, 1.807) is 18.6 Å². The average Bonchev–Trinajstić information content (AvgIpc) is 3.48. The van der Waals surface area contributed by atoms with Gasteiger partial charge in [0.15, 0.2) is 5.65 Å². The van der Waals surface area contributed by atoms with Crippen molar-refractivity contribution in [3.8, 4) is 11.4 Å². The second-order valence-corrected chi connectivity index (χ2v) is 7.41. The number of para-hydroxylation sites is 3. The summed E-state index contributed by atoms with van der Waals surface area (Å²) in [5, 5.41) is 2.93. The van der Waals surface area contributed by atoms with Gasteiger partial charge in [0.1, 0.15) is 24.2 Å². The Morgan fingerprint density at radius 1 is 1.13 bits per heavy atom. The van der Waals surface area contributed by atoms with Crippen molar-refractivity contribution in [2.45, 2.75) is 18.9 Å². The van der Waals surface area contributed by atoms with Gasteiger partial charge >= 0.3 is 0 Å². The monoisotopic (exact) mass is 414 g/mol.